The first-order valence-corrected chi connectivity index (χ1v) is 6.01. The summed E-state index contributed by atoms with van der Waals surface area (Å²) >= 11 is 11.9. The summed E-state index contributed by atoms with van der Waals surface area (Å²) in [7, 11) is 0. The molecule has 0 spiro atoms. The lowest BCUT2D eigenvalue weighted by atomic mass is 10.1. The normalized spacial score (nSPS) is 11.3. The maximum Gasteiger partial charge on any atom is 0.344 e. The number of rotatable bonds is 0. The van der Waals surface area contributed by atoms with E-state index < -0.39 is 5.63 Å². The monoisotopic (exact) mass is 296 g/mol. The molecule has 1 aromatic heterocycles. The molecule has 0 aliphatic rings. The van der Waals surface area contributed by atoms with Gasteiger partial charge in [0.15, 0.2) is 17.1 Å². The van der Waals surface area contributed by atoms with Gasteiger partial charge in [0.2, 0.25) is 0 Å². The molecule has 1 heterocycles. The number of phenolic OH excluding ortho intramolecular Hbond substituents is 2. The van der Waals surface area contributed by atoms with Gasteiger partial charge in [0, 0.05) is 10.8 Å². The fraction of sp³-hybridized carbons (Fsp3) is 0. The summed E-state index contributed by atoms with van der Waals surface area (Å²) in [5, 5.41) is 20.5. The van der Waals surface area contributed by atoms with E-state index in [0.29, 0.717) is 10.8 Å². The van der Waals surface area contributed by atoms with Crippen LogP contribution in [0.25, 0.3) is 21.7 Å². The molecule has 3 aromatic rings. The van der Waals surface area contributed by atoms with Crippen molar-refractivity contribution in [2.24, 2.45) is 0 Å². The van der Waals surface area contributed by atoms with Crippen LogP contribution in [0.1, 0.15) is 0 Å². The Labute approximate surface area is 116 Å². The zero-order valence-corrected chi connectivity index (χ0v) is 10.8. The molecular formula is C13H6Cl2O4. The first-order chi connectivity index (χ1) is 8.99. The number of hydrogen-bond donors (Lipinski definition) is 2. The minimum atomic E-state index is -0.665. The zero-order valence-electron chi connectivity index (χ0n) is 9.28. The fourth-order valence-electron chi connectivity index (χ4n) is 1.96. The highest BCUT2D eigenvalue weighted by Gasteiger charge is 2.14. The molecule has 0 saturated carbocycles. The van der Waals surface area contributed by atoms with Gasteiger partial charge in [-0.05, 0) is 24.3 Å². The maximum absolute atomic E-state index is 11.9. The van der Waals surface area contributed by atoms with Crippen molar-refractivity contribution in [3.63, 3.8) is 0 Å². The molecule has 3 rings (SSSR count). The van der Waals surface area contributed by atoms with Crippen LogP contribution in [-0.4, -0.2) is 10.2 Å². The summed E-state index contributed by atoms with van der Waals surface area (Å²) in [6.45, 7) is 0. The highest BCUT2D eigenvalue weighted by molar-refractivity contribution is 6.45. The van der Waals surface area contributed by atoms with Crippen LogP contribution in [0, 0.1) is 0 Å². The van der Waals surface area contributed by atoms with E-state index in [-0.39, 0.29) is 32.5 Å². The Morgan fingerprint density at radius 2 is 1.58 bits per heavy atom. The molecule has 0 amide bonds. The average molecular weight is 297 g/mol. The van der Waals surface area contributed by atoms with Gasteiger partial charge >= 0.3 is 5.63 Å². The van der Waals surface area contributed by atoms with Gasteiger partial charge in [-0.15, -0.1) is 0 Å². The third-order valence-electron chi connectivity index (χ3n) is 2.87. The van der Waals surface area contributed by atoms with E-state index in [1.165, 1.54) is 6.07 Å². The SMILES string of the molecule is O=c1oc2c(Cl)c(Cl)ccc2c2cc(O)c(O)cc12. The van der Waals surface area contributed by atoms with Crippen LogP contribution < -0.4 is 5.63 Å². The Morgan fingerprint density at radius 1 is 0.947 bits per heavy atom. The van der Waals surface area contributed by atoms with E-state index >= 15 is 0 Å². The van der Waals surface area contributed by atoms with E-state index in [1.807, 2.05) is 0 Å². The predicted octanol–water partition coefficient (Wildman–Crippen LogP) is 3.66. The molecule has 0 bridgehead atoms. The largest absolute Gasteiger partial charge is 0.504 e. The lowest BCUT2D eigenvalue weighted by molar-refractivity contribution is 0.404. The van der Waals surface area contributed by atoms with E-state index in [0.717, 1.165) is 6.07 Å². The van der Waals surface area contributed by atoms with Crippen LogP contribution in [-0.2, 0) is 0 Å². The lowest BCUT2D eigenvalue weighted by Gasteiger charge is -2.06. The van der Waals surface area contributed by atoms with Gasteiger partial charge < -0.3 is 14.6 Å². The van der Waals surface area contributed by atoms with E-state index in [4.69, 9.17) is 27.6 Å². The summed E-state index contributed by atoms with van der Waals surface area (Å²) in [5.41, 5.74) is -0.515. The standard InChI is InChI=1S/C13H6Cl2O4/c14-8-2-1-5-6-3-9(16)10(17)4-7(6)13(18)19-12(5)11(8)15/h1-4,16-17H. The van der Waals surface area contributed by atoms with E-state index in [9.17, 15) is 15.0 Å². The van der Waals surface area contributed by atoms with Gasteiger partial charge in [0.1, 0.15) is 5.02 Å². The third kappa shape index (κ3) is 1.72. The lowest BCUT2D eigenvalue weighted by Crippen LogP contribution is -2.00. The topological polar surface area (TPSA) is 70.7 Å². The summed E-state index contributed by atoms with van der Waals surface area (Å²) in [6, 6.07) is 5.63. The zero-order chi connectivity index (χ0) is 13.7. The quantitative estimate of drug-likeness (QED) is 0.377. The van der Waals surface area contributed by atoms with Crippen molar-refractivity contribution in [1.29, 1.82) is 0 Å². The maximum atomic E-state index is 11.9. The second-order valence-electron chi connectivity index (χ2n) is 4.01. The highest BCUT2D eigenvalue weighted by Crippen LogP contribution is 2.36. The Morgan fingerprint density at radius 3 is 2.26 bits per heavy atom. The molecular weight excluding hydrogens is 291 g/mol. The number of hydrogen-bond acceptors (Lipinski definition) is 4. The number of phenols is 2. The molecule has 0 atom stereocenters. The minimum absolute atomic E-state index is 0.130. The van der Waals surface area contributed by atoms with E-state index in [1.54, 1.807) is 12.1 Å². The first kappa shape index (κ1) is 12.1. The molecule has 6 heteroatoms. The van der Waals surface area contributed by atoms with Crippen molar-refractivity contribution < 1.29 is 14.6 Å². The van der Waals surface area contributed by atoms with Gasteiger partial charge in [-0.25, -0.2) is 4.79 Å². The van der Waals surface area contributed by atoms with Gasteiger partial charge in [-0.2, -0.15) is 0 Å². The molecule has 2 N–H and O–H groups in total. The average Bonchev–Trinajstić information content (AvgIpc) is 2.37. The second-order valence-corrected chi connectivity index (χ2v) is 4.80. The Kier molecular flexibility index (Phi) is 2.59. The first-order valence-electron chi connectivity index (χ1n) is 5.25. The van der Waals surface area contributed by atoms with Crippen molar-refractivity contribution in [2.75, 3.05) is 0 Å². The van der Waals surface area contributed by atoms with Crippen LogP contribution in [0.5, 0.6) is 11.5 Å². The molecule has 0 aliphatic heterocycles. The molecule has 96 valence electrons. The van der Waals surface area contributed by atoms with Crippen LogP contribution in [0.2, 0.25) is 10.0 Å². The van der Waals surface area contributed by atoms with E-state index in [2.05, 4.69) is 0 Å². The van der Waals surface area contributed by atoms with Gasteiger partial charge in [-0.3, -0.25) is 0 Å². The molecule has 0 aliphatic carbocycles. The van der Waals surface area contributed by atoms with Crippen molar-refractivity contribution in [3.05, 3.63) is 44.7 Å². The van der Waals surface area contributed by atoms with Gasteiger partial charge in [0.05, 0.1) is 10.4 Å². The number of fused-ring (bicyclic) bond motifs is 3. The minimum Gasteiger partial charge on any atom is -0.504 e. The number of aromatic hydroxyl groups is 2. The summed E-state index contributed by atoms with van der Waals surface area (Å²) in [5.74, 6) is -0.718. The van der Waals surface area contributed by atoms with Crippen molar-refractivity contribution in [1.82, 2.24) is 0 Å². The highest BCUT2D eigenvalue weighted by atomic mass is 35.5. The van der Waals surface area contributed by atoms with Crippen LogP contribution in [0.3, 0.4) is 0 Å². The molecule has 4 nitrogen and oxygen atoms in total. The molecule has 0 radical (unpaired) electrons. The molecule has 0 saturated heterocycles. The third-order valence-corrected chi connectivity index (χ3v) is 3.66. The second kappa shape index (κ2) is 4.05. The van der Waals surface area contributed by atoms with Crippen molar-refractivity contribution in [3.8, 4) is 11.5 Å². The molecule has 2 aromatic carbocycles. The Bertz CT molecular complexity index is 883. The van der Waals surface area contributed by atoms with Gasteiger partial charge in [-0.1, -0.05) is 23.2 Å². The number of halogens is 2. The molecule has 0 unspecified atom stereocenters. The molecule has 19 heavy (non-hydrogen) atoms. The fourth-order valence-corrected chi connectivity index (χ4v) is 2.31. The van der Waals surface area contributed by atoms with Gasteiger partial charge in [0.25, 0.3) is 0 Å². The summed E-state index contributed by atoms with van der Waals surface area (Å²) in [4.78, 5) is 11.9. The summed E-state index contributed by atoms with van der Waals surface area (Å²) < 4.78 is 5.12. The Balaban J connectivity index is 2.64. The van der Waals surface area contributed by atoms with Crippen molar-refractivity contribution in [2.45, 2.75) is 0 Å². The number of benzene rings is 2. The smallest absolute Gasteiger partial charge is 0.344 e. The summed E-state index contributed by atoms with van der Waals surface area (Å²) in [6.07, 6.45) is 0. The van der Waals surface area contributed by atoms with Crippen LogP contribution >= 0.6 is 23.2 Å². The van der Waals surface area contributed by atoms with Crippen LogP contribution in [0.4, 0.5) is 0 Å². The molecule has 0 fully saturated rings. The Hall–Kier alpha value is -1.91. The predicted molar refractivity (Wildman–Crippen MR) is 73.3 cm³/mol. The van der Waals surface area contributed by atoms with Crippen molar-refractivity contribution >= 4 is 44.9 Å². The van der Waals surface area contributed by atoms with Crippen LogP contribution in [0.15, 0.2) is 33.5 Å².